The molecule has 0 saturated heterocycles. The van der Waals surface area contributed by atoms with Crippen molar-refractivity contribution in [2.24, 2.45) is 0 Å². The molecular weight excluding hydrogens is 139 g/mol. The molecule has 3 heteroatoms. The average molecular weight is 146 g/mol. The molecular formula is C7H7NaO2. The SMILES string of the molecule is O=CO.[Na][c]1ccccc1. The van der Waals surface area contributed by atoms with E-state index >= 15 is 0 Å². The van der Waals surface area contributed by atoms with Crippen molar-refractivity contribution in [2.45, 2.75) is 0 Å². The Balaban J connectivity index is 0.000000236. The molecule has 1 aromatic carbocycles. The zero-order valence-electron chi connectivity index (χ0n) is 5.82. The maximum absolute atomic E-state index is 8.36. The van der Waals surface area contributed by atoms with Gasteiger partial charge in [0, 0.05) is 0 Å². The third-order valence-corrected chi connectivity index (χ3v) is 1.61. The van der Waals surface area contributed by atoms with E-state index in [-0.39, 0.29) is 6.47 Å². The standard InChI is InChI=1S/C6H5.CH2O2.Na/c1-2-4-6-5-3-1;2-1-3;/h1-5H;1H,(H,2,3);. The van der Waals surface area contributed by atoms with Gasteiger partial charge in [0.25, 0.3) is 6.47 Å². The summed E-state index contributed by atoms with van der Waals surface area (Å²) < 4.78 is 1.46. The molecule has 0 unspecified atom stereocenters. The van der Waals surface area contributed by atoms with Crippen LogP contribution in [-0.4, -0.2) is 39.5 Å². The fourth-order valence-corrected chi connectivity index (χ4v) is 0.919. The van der Waals surface area contributed by atoms with Crippen LogP contribution in [0.1, 0.15) is 0 Å². The summed E-state index contributed by atoms with van der Waals surface area (Å²) in [5.74, 6) is 0. The Morgan fingerprint density at radius 2 is 1.70 bits per heavy atom. The van der Waals surface area contributed by atoms with Gasteiger partial charge in [0.1, 0.15) is 0 Å². The summed E-state index contributed by atoms with van der Waals surface area (Å²) in [5, 5.41) is 6.89. The molecule has 0 spiro atoms. The van der Waals surface area contributed by atoms with Gasteiger partial charge in [-0.2, -0.15) is 0 Å². The predicted molar refractivity (Wildman–Crippen MR) is 40.5 cm³/mol. The minimum absolute atomic E-state index is 0.250. The van der Waals surface area contributed by atoms with Crippen molar-refractivity contribution in [3.05, 3.63) is 30.3 Å². The van der Waals surface area contributed by atoms with E-state index in [1.54, 1.807) is 0 Å². The molecule has 0 amide bonds. The van der Waals surface area contributed by atoms with Crippen molar-refractivity contribution in [3.63, 3.8) is 0 Å². The number of hydrogen-bond donors (Lipinski definition) is 1. The van der Waals surface area contributed by atoms with E-state index in [0.717, 1.165) is 0 Å². The monoisotopic (exact) mass is 146 g/mol. The van der Waals surface area contributed by atoms with Gasteiger partial charge in [0.05, 0.1) is 0 Å². The van der Waals surface area contributed by atoms with Crippen molar-refractivity contribution in [3.8, 4) is 0 Å². The molecule has 0 saturated carbocycles. The van der Waals surface area contributed by atoms with Crippen molar-refractivity contribution >= 4 is 37.2 Å². The molecule has 10 heavy (non-hydrogen) atoms. The van der Waals surface area contributed by atoms with Gasteiger partial charge in [0.15, 0.2) is 0 Å². The predicted octanol–water partition coefficient (Wildman–Crippen LogP) is 0.181. The van der Waals surface area contributed by atoms with Crippen molar-refractivity contribution in [2.75, 3.05) is 0 Å². The van der Waals surface area contributed by atoms with E-state index in [1.165, 1.54) is 30.7 Å². The van der Waals surface area contributed by atoms with Crippen LogP contribution in [0.5, 0.6) is 0 Å². The number of rotatable bonds is 0. The van der Waals surface area contributed by atoms with Crippen LogP contribution in [0.15, 0.2) is 30.3 Å². The third-order valence-electron chi connectivity index (χ3n) is 0.940. The first-order chi connectivity index (χ1) is 4.81. The second kappa shape index (κ2) is 6.81. The number of carbonyl (C=O) groups is 1. The summed E-state index contributed by atoms with van der Waals surface area (Å²) in [6.45, 7) is -0.250. The Kier molecular flexibility index (Phi) is 6.59. The molecule has 0 fully saturated rings. The van der Waals surface area contributed by atoms with Gasteiger partial charge in [-0.15, -0.1) is 0 Å². The van der Waals surface area contributed by atoms with Crippen LogP contribution in [0.2, 0.25) is 0 Å². The van der Waals surface area contributed by atoms with Crippen molar-refractivity contribution < 1.29 is 9.90 Å². The zero-order valence-corrected chi connectivity index (χ0v) is 7.82. The van der Waals surface area contributed by atoms with Gasteiger partial charge in [-0.1, -0.05) is 0 Å². The quantitative estimate of drug-likeness (QED) is 0.418. The Morgan fingerprint density at radius 1 is 1.30 bits per heavy atom. The summed E-state index contributed by atoms with van der Waals surface area (Å²) in [6.07, 6.45) is 0. The minimum atomic E-state index is -0.250. The Bertz CT molecular complexity index is 174. The molecule has 48 valence electrons. The first-order valence-corrected chi connectivity index (χ1v) is 3.90. The summed E-state index contributed by atoms with van der Waals surface area (Å²) in [6, 6.07) is 10.5. The fraction of sp³-hybridized carbons (Fsp3) is 0. The normalized spacial score (nSPS) is 7.40. The fourth-order valence-electron chi connectivity index (χ4n) is 0.534. The summed E-state index contributed by atoms with van der Waals surface area (Å²) in [7, 11) is 0. The molecule has 0 aliphatic heterocycles. The molecule has 0 aliphatic carbocycles. The second-order valence-corrected chi connectivity index (χ2v) is 2.91. The van der Waals surface area contributed by atoms with Gasteiger partial charge in [-0.05, 0) is 0 Å². The Morgan fingerprint density at radius 3 is 1.90 bits per heavy atom. The summed E-state index contributed by atoms with van der Waals surface area (Å²) in [4.78, 5) is 8.36. The molecule has 1 aromatic rings. The van der Waals surface area contributed by atoms with Gasteiger partial charge < -0.3 is 5.11 Å². The molecule has 0 atom stereocenters. The topological polar surface area (TPSA) is 37.3 Å². The first kappa shape index (κ1) is 9.69. The second-order valence-electron chi connectivity index (χ2n) is 1.76. The average Bonchev–Trinajstić information content (AvgIpc) is 1.91. The van der Waals surface area contributed by atoms with Crippen LogP contribution < -0.4 is 2.81 Å². The molecule has 2 nitrogen and oxygen atoms in total. The molecule has 0 radical (unpaired) electrons. The molecule has 0 aliphatic rings. The number of hydrogen-bond acceptors (Lipinski definition) is 1. The van der Waals surface area contributed by atoms with E-state index in [4.69, 9.17) is 9.90 Å². The van der Waals surface area contributed by atoms with Crippen molar-refractivity contribution in [1.82, 2.24) is 0 Å². The van der Waals surface area contributed by atoms with Crippen LogP contribution in [0.25, 0.3) is 0 Å². The van der Waals surface area contributed by atoms with E-state index in [2.05, 4.69) is 24.3 Å². The van der Waals surface area contributed by atoms with Gasteiger partial charge in [-0.3, -0.25) is 4.79 Å². The van der Waals surface area contributed by atoms with Crippen LogP contribution in [0.4, 0.5) is 0 Å². The van der Waals surface area contributed by atoms with Gasteiger partial charge in [-0.25, -0.2) is 0 Å². The third kappa shape index (κ3) is 5.82. The molecule has 1 rings (SSSR count). The van der Waals surface area contributed by atoms with Crippen LogP contribution in [0.3, 0.4) is 0 Å². The Labute approximate surface area is 77.3 Å². The first-order valence-electron chi connectivity index (χ1n) is 2.90. The van der Waals surface area contributed by atoms with E-state index < -0.39 is 0 Å². The van der Waals surface area contributed by atoms with Gasteiger partial charge in [0.2, 0.25) is 0 Å². The molecule has 0 bridgehead atoms. The zero-order chi connectivity index (χ0) is 7.82. The van der Waals surface area contributed by atoms with Crippen LogP contribution in [-0.2, 0) is 4.79 Å². The molecule has 0 heterocycles. The number of carboxylic acid groups (broad SMARTS) is 1. The van der Waals surface area contributed by atoms with Gasteiger partial charge >= 0.3 is 61.1 Å². The Hall–Kier alpha value is -0.310. The van der Waals surface area contributed by atoms with Crippen LogP contribution in [0, 0.1) is 0 Å². The summed E-state index contributed by atoms with van der Waals surface area (Å²) in [5.41, 5.74) is 0. The molecule has 0 aromatic heterocycles. The maximum atomic E-state index is 8.36. The summed E-state index contributed by atoms with van der Waals surface area (Å²) >= 11 is 1.17. The number of benzene rings is 1. The van der Waals surface area contributed by atoms with E-state index in [1.807, 2.05) is 6.07 Å². The van der Waals surface area contributed by atoms with E-state index in [0.29, 0.717) is 0 Å². The van der Waals surface area contributed by atoms with Crippen LogP contribution >= 0.6 is 0 Å². The van der Waals surface area contributed by atoms with E-state index in [9.17, 15) is 0 Å². The van der Waals surface area contributed by atoms with Crippen molar-refractivity contribution in [1.29, 1.82) is 0 Å². The molecule has 1 N–H and O–H groups in total.